The van der Waals surface area contributed by atoms with Crippen LogP contribution in [-0.4, -0.2) is 45.4 Å². The Hall–Kier alpha value is -3.83. The lowest BCUT2D eigenvalue weighted by Crippen LogP contribution is -2.35. The molecule has 1 N–H and O–H groups in total. The van der Waals surface area contributed by atoms with Crippen molar-refractivity contribution in [2.45, 2.75) is 25.2 Å². The van der Waals surface area contributed by atoms with Gasteiger partial charge in [0.25, 0.3) is 15.9 Å². The van der Waals surface area contributed by atoms with E-state index >= 15 is 0 Å². The fourth-order valence-electron chi connectivity index (χ4n) is 4.13. The molecule has 0 unspecified atom stereocenters. The quantitative estimate of drug-likeness (QED) is 0.577. The maximum Gasteiger partial charge on any atom is 0.261 e. The first-order chi connectivity index (χ1) is 16.8. The average Bonchev–Trinajstić information content (AvgIpc) is 3.11. The number of carbonyl (C=O) groups is 1. The first-order valence-corrected chi connectivity index (χ1v) is 13.0. The van der Waals surface area contributed by atoms with Gasteiger partial charge in [-0.05, 0) is 74.4 Å². The van der Waals surface area contributed by atoms with E-state index in [1.165, 1.54) is 12.1 Å². The summed E-state index contributed by atoms with van der Waals surface area (Å²) in [4.78, 5) is 17.5. The molecular formula is C27H28N4O3S. The standard InChI is InChI=1S/C27H28N4O3S/c1-20-4-9-23(10-5-20)29-35(33,34)25-13-6-21(2)26(18-25)27(32)31-15-3-14-30(16-17-31)24-11-7-22(19-28)8-12-24/h4-13,18,29H,3,14-17H2,1-2H3. The summed E-state index contributed by atoms with van der Waals surface area (Å²) in [6.07, 6.45) is 0.789. The zero-order valence-corrected chi connectivity index (χ0v) is 20.7. The third-order valence-electron chi connectivity index (χ3n) is 6.20. The summed E-state index contributed by atoms with van der Waals surface area (Å²) in [5.41, 5.74) is 4.26. The molecule has 3 aromatic carbocycles. The minimum atomic E-state index is -3.84. The monoisotopic (exact) mass is 488 g/mol. The van der Waals surface area contributed by atoms with Crippen LogP contribution in [0.4, 0.5) is 11.4 Å². The molecule has 180 valence electrons. The van der Waals surface area contributed by atoms with Gasteiger partial charge in [-0.25, -0.2) is 8.42 Å². The summed E-state index contributed by atoms with van der Waals surface area (Å²) in [5.74, 6) is -0.170. The number of nitriles is 1. The Kier molecular flexibility index (Phi) is 7.08. The second kappa shape index (κ2) is 10.2. The van der Waals surface area contributed by atoms with Crippen molar-refractivity contribution in [1.29, 1.82) is 5.26 Å². The van der Waals surface area contributed by atoms with Crippen LogP contribution in [0.2, 0.25) is 0 Å². The smallest absolute Gasteiger partial charge is 0.261 e. The van der Waals surface area contributed by atoms with Crippen LogP contribution in [0.15, 0.2) is 71.6 Å². The number of hydrogen-bond donors (Lipinski definition) is 1. The fraction of sp³-hybridized carbons (Fsp3) is 0.259. The van der Waals surface area contributed by atoms with Crippen molar-refractivity contribution in [2.75, 3.05) is 35.8 Å². The molecule has 1 amide bonds. The number of nitrogens with zero attached hydrogens (tertiary/aromatic N) is 3. The minimum Gasteiger partial charge on any atom is -0.370 e. The molecule has 1 heterocycles. The van der Waals surface area contributed by atoms with E-state index in [2.05, 4.69) is 15.7 Å². The highest BCUT2D eigenvalue weighted by Crippen LogP contribution is 2.22. The summed E-state index contributed by atoms with van der Waals surface area (Å²) in [5, 5.41) is 9.01. The van der Waals surface area contributed by atoms with Crippen molar-refractivity contribution in [3.63, 3.8) is 0 Å². The van der Waals surface area contributed by atoms with Crippen LogP contribution in [0.5, 0.6) is 0 Å². The maximum absolute atomic E-state index is 13.4. The number of nitrogens with one attached hydrogen (secondary N) is 1. The number of carbonyl (C=O) groups excluding carboxylic acids is 1. The predicted molar refractivity (Wildman–Crippen MR) is 137 cm³/mol. The maximum atomic E-state index is 13.4. The van der Waals surface area contributed by atoms with Crippen LogP contribution >= 0.6 is 0 Å². The van der Waals surface area contributed by atoms with Crippen LogP contribution in [0.1, 0.15) is 33.5 Å². The number of rotatable bonds is 5. The van der Waals surface area contributed by atoms with Gasteiger partial charge < -0.3 is 9.80 Å². The summed E-state index contributed by atoms with van der Waals surface area (Å²) < 4.78 is 28.6. The van der Waals surface area contributed by atoms with Gasteiger partial charge in [0.1, 0.15) is 0 Å². The Balaban J connectivity index is 1.50. The van der Waals surface area contributed by atoms with Crippen LogP contribution in [0, 0.1) is 25.2 Å². The first-order valence-electron chi connectivity index (χ1n) is 11.5. The normalized spacial score (nSPS) is 14.2. The van der Waals surface area contributed by atoms with Crippen molar-refractivity contribution in [3.05, 3.63) is 89.0 Å². The number of benzene rings is 3. The molecule has 0 spiro atoms. The molecule has 0 saturated carbocycles. The molecule has 4 rings (SSSR count). The molecule has 3 aromatic rings. The van der Waals surface area contributed by atoms with Crippen molar-refractivity contribution < 1.29 is 13.2 Å². The Bertz CT molecular complexity index is 1360. The highest BCUT2D eigenvalue weighted by Gasteiger charge is 2.24. The first kappa shape index (κ1) is 24.3. The lowest BCUT2D eigenvalue weighted by molar-refractivity contribution is 0.0766. The fourth-order valence-corrected chi connectivity index (χ4v) is 5.21. The van der Waals surface area contributed by atoms with E-state index in [1.807, 2.05) is 38.1 Å². The van der Waals surface area contributed by atoms with E-state index < -0.39 is 10.0 Å². The molecule has 8 heteroatoms. The van der Waals surface area contributed by atoms with Gasteiger partial charge in [-0.1, -0.05) is 23.8 Å². The van der Waals surface area contributed by atoms with Crippen LogP contribution < -0.4 is 9.62 Å². The second-order valence-electron chi connectivity index (χ2n) is 8.74. The average molecular weight is 489 g/mol. The van der Waals surface area contributed by atoms with Crippen molar-refractivity contribution >= 4 is 27.3 Å². The van der Waals surface area contributed by atoms with Crippen molar-refractivity contribution in [2.24, 2.45) is 0 Å². The van der Waals surface area contributed by atoms with E-state index in [0.29, 0.717) is 36.4 Å². The molecule has 1 fully saturated rings. The van der Waals surface area contributed by atoms with E-state index in [4.69, 9.17) is 5.26 Å². The summed E-state index contributed by atoms with van der Waals surface area (Å²) in [6, 6.07) is 21.3. The molecular weight excluding hydrogens is 460 g/mol. The highest BCUT2D eigenvalue weighted by molar-refractivity contribution is 7.92. The van der Waals surface area contributed by atoms with Crippen molar-refractivity contribution in [3.8, 4) is 6.07 Å². The van der Waals surface area contributed by atoms with E-state index in [9.17, 15) is 13.2 Å². The van der Waals surface area contributed by atoms with Gasteiger partial charge >= 0.3 is 0 Å². The molecule has 1 aliphatic heterocycles. The minimum absolute atomic E-state index is 0.0565. The Labute approximate surface area is 206 Å². The van der Waals surface area contributed by atoms with Gasteiger partial charge in [0.15, 0.2) is 0 Å². The third kappa shape index (κ3) is 5.64. The number of amides is 1. The van der Waals surface area contributed by atoms with Gasteiger partial charge in [-0.2, -0.15) is 5.26 Å². The van der Waals surface area contributed by atoms with E-state index in [-0.39, 0.29) is 10.8 Å². The Morgan fingerprint density at radius 3 is 2.31 bits per heavy atom. The molecule has 0 radical (unpaired) electrons. The number of anilines is 2. The van der Waals surface area contributed by atoms with Gasteiger partial charge in [0.2, 0.25) is 0 Å². The topological polar surface area (TPSA) is 93.5 Å². The molecule has 1 saturated heterocycles. The van der Waals surface area contributed by atoms with Crippen LogP contribution in [-0.2, 0) is 10.0 Å². The molecule has 1 aliphatic rings. The molecule has 0 aliphatic carbocycles. The number of sulfonamides is 1. The summed E-state index contributed by atoms with van der Waals surface area (Å²) >= 11 is 0. The van der Waals surface area contributed by atoms with Crippen LogP contribution in [0.3, 0.4) is 0 Å². The van der Waals surface area contributed by atoms with E-state index in [1.54, 1.807) is 35.2 Å². The lowest BCUT2D eigenvalue weighted by Gasteiger charge is -2.24. The predicted octanol–water partition coefficient (Wildman–Crippen LogP) is 4.33. The lowest BCUT2D eigenvalue weighted by atomic mass is 10.1. The number of aryl methyl sites for hydroxylation is 2. The van der Waals surface area contributed by atoms with Gasteiger partial charge in [-0.3, -0.25) is 9.52 Å². The second-order valence-corrected chi connectivity index (χ2v) is 10.4. The highest BCUT2D eigenvalue weighted by atomic mass is 32.2. The van der Waals surface area contributed by atoms with Gasteiger partial charge in [0.05, 0.1) is 16.5 Å². The van der Waals surface area contributed by atoms with Gasteiger partial charge in [0, 0.05) is 43.1 Å². The Morgan fingerprint density at radius 1 is 0.914 bits per heavy atom. The molecule has 0 aromatic heterocycles. The van der Waals surface area contributed by atoms with Crippen LogP contribution in [0.25, 0.3) is 0 Å². The number of hydrogen-bond acceptors (Lipinski definition) is 5. The summed E-state index contributed by atoms with van der Waals surface area (Å²) in [7, 11) is -3.84. The molecule has 35 heavy (non-hydrogen) atoms. The van der Waals surface area contributed by atoms with Gasteiger partial charge in [-0.15, -0.1) is 0 Å². The largest absolute Gasteiger partial charge is 0.370 e. The SMILES string of the molecule is Cc1ccc(NS(=O)(=O)c2ccc(C)c(C(=O)N3CCCN(c4ccc(C#N)cc4)CC3)c2)cc1. The Morgan fingerprint density at radius 2 is 1.63 bits per heavy atom. The third-order valence-corrected chi connectivity index (χ3v) is 7.58. The molecule has 7 nitrogen and oxygen atoms in total. The van der Waals surface area contributed by atoms with Crippen molar-refractivity contribution in [1.82, 2.24) is 4.90 Å². The zero-order valence-electron chi connectivity index (χ0n) is 19.9. The van der Waals surface area contributed by atoms with E-state index in [0.717, 1.165) is 29.8 Å². The molecule has 0 bridgehead atoms. The zero-order chi connectivity index (χ0) is 25.0. The summed E-state index contributed by atoms with van der Waals surface area (Å²) in [6.45, 7) is 6.31. The molecule has 0 atom stereocenters.